The number of hydrogen-bond donors (Lipinski definition) is 0. The molecule has 2 amide bonds. The van der Waals surface area contributed by atoms with E-state index in [-0.39, 0.29) is 11.8 Å². The number of likely N-dealkylation sites (tertiary alicyclic amines) is 1. The summed E-state index contributed by atoms with van der Waals surface area (Å²) in [5.74, 6) is 0.0337. The predicted molar refractivity (Wildman–Crippen MR) is 95.0 cm³/mol. The molecule has 1 fully saturated rings. The molecule has 0 radical (unpaired) electrons. The zero-order chi connectivity index (χ0) is 17.1. The molecule has 24 heavy (non-hydrogen) atoms. The summed E-state index contributed by atoms with van der Waals surface area (Å²) in [6.07, 6.45) is 1.43. The molecule has 0 unspecified atom stereocenters. The molecule has 1 heterocycles. The number of carbonyl (C=O) groups is 2. The third-order valence-corrected chi connectivity index (χ3v) is 4.34. The Kier molecular flexibility index (Phi) is 4.65. The van der Waals surface area contributed by atoms with E-state index < -0.39 is 0 Å². The Morgan fingerprint density at radius 2 is 1.83 bits per heavy atom. The summed E-state index contributed by atoms with van der Waals surface area (Å²) in [5.41, 5.74) is 3.63. The second-order valence-corrected chi connectivity index (χ2v) is 6.34. The van der Waals surface area contributed by atoms with Gasteiger partial charge in [0.25, 0.3) is 5.91 Å². The quantitative estimate of drug-likeness (QED) is 0.864. The molecule has 1 aliphatic rings. The maximum Gasteiger partial charge on any atom is 0.259 e. The Labute approximate surface area is 142 Å². The number of carbonyl (C=O) groups excluding carboxylic acids is 2. The smallest absolute Gasteiger partial charge is 0.259 e. The van der Waals surface area contributed by atoms with Crippen LogP contribution in [0.4, 0.5) is 5.69 Å². The largest absolute Gasteiger partial charge is 0.324 e. The first-order valence-corrected chi connectivity index (χ1v) is 8.27. The van der Waals surface area contributed by atoms with Crippen LogP contribution in [0.25, 0.3) is 0 Å². The zero-order valence-corrected chi connectivity index (χ0v) is 14.2. The molecule has 0 bridgehead atoms. The van der Waals surface area contributed by atoms with Crippen molar-refractivity contribution in [1.82, 2.24) is 4.90 Å². The fourth-order valence-electron chi connectivity index (χ4n) is 2.95. The van der Waals surface area contributed by atoms with E-state index in [2.05, 4.69) is 0 Å². The molecule has 3 rings (SSSR count). The molecular weight excluding hydrogens is 300 g/mol. The Morgan fingerprint density at radius 1 is 1.08 bits per heavy atom. The van der Waals surface area contributed by atoms with Gasteiger partial charge in [0.05, 0.1) is 0 Å². The zero-order valence-electron chi connectivity index (χ0n) is 14.2. The van der Waals surface area contributed by atoms with Crippen molar-refractivity contribution in [3.63, 3.8) is 0 Å². The van der Waals surface area contributed by atoms with Crippen molar-refractivity contribution in [3.8, 4) is 0 Å². The summed E-state index contributed by atoms with van der Waals surface area (Å²) in [6, 6.07) is 15.4. The van der Waals surface area contributed by atoms with E-state index in [0.717, 1.165) is 23.2 Å². The van der Waals surface area contributed by atoms with Crippen LogP contribution in [0.5, 0.6) is 0 Å². The lowest BCUT2D eigenvalue weighted by molar-refractivity contribution is -0.127. The molecule has 124 valence electrons. The summed E-state index contributed by atoms with van der Waals surface area (Å²) >= 11 is 0. The van der Waals surface area contributed by atoms with Gasteiger partial charge in [-0.25, -0.2) is 0 Å². The van der Waals surface area contributed by atoms with Crippen LogP contribution in [-0.2, 0) is 4.79 Å². The van der Waals surface area contributed by atoms with Gasteiger partial charge >= 0.3 is 0 Å². The Morgan fingerprint density at radius 3 is 2.46 bits per heavy atom. The first kappa shape index (κ1) is 16.2. The second-order valence-electron chi connectivity index (χ2n) is 6.34. The molecule has 0 aliphatic carbocycles. The minimum atomic E-state index is -0.0812. The van der Waals surface area contributed by atoms with Crippen molar-refractivity contribution in [3.05, 3.63) is 65.2 Å². The number of nitrogens with zero attached hydrogens (tertiary/aromatic N) is 2. The summed E-state index contributed by atoms with van der Waals surface area (Å²) < 4.78 is 0. The number of aryl methyl sites for hydroxylation is 2. The molecule has 0 atom stereocenters. The van der Waals surface area contributed by atoms with E-state index >= 15 is 0 Å². The lowest BCUT2D eigenvalue weighted by atomic mass is 10.1. The third kappa shape index (κ3) is 3.48. The van der Waals surface area contributed by atoms with Gasteiger partial charge in [-0.3, -0.25) is 14.5 Å². The highest BCUT2D eigenvalue weighted by molar-refractivity contribution is 6.06. The van der Waals surface area contributed by atoms with Crippen LogP contribution in [0.15, 0.2) is 48.5 Å². The second kappa shape index (κ2) is 6.87. The van der Waals surface area contributed by atoms with Gasteiger partial charge in [0.1, 0.15) is 6.67 Å². The Hall–Kier alpha value is -2.62. The highest BCUT2D eigenvalue weighted by Gasteiger charge is 2.26. The summed E-state index contributed by atoms with van der Waals surface area (Å²) in [6.45, 7) is 4.99. The van der Waals surface area contributed by atoms with Gasteiger partial charge in [0.15, 0.2) is 0 Å². The third-order valence-electron chi connectivity index (χ3n) is 4.34. The van der Waals surface area contributed by atoms with Crippen LogP contribution in [0.2, 0.25) is 0 Å². The standard InChI is InChI=1S/C20H22N2O2/c1-15-8-10-18(11-9-15)22(14-21-12-4-7-19(21)23)20(24)17-6-3-5-16(2)13-17/h3,5-6,8-11,13H,4,7,12,14H2,1-2H3. The van der Waals surface area contributed by atoms with Gasteiger partial charge in [0, 0.05) is 24.2 Å². The van der Waals surface area contributed by atoms with Crippen LogP contribution in [-0.4, -0.2) is 29.9 Å². The van der Waals surface area contributed by atoms with E-state index in [4.69, 9.17) is 0 Å². The Bertz CT molecular complexity index is 752. The van der Waals surface area contributed by atoms with Gasteiger partial charge in [-0.15, -0.1) is 0 Å². The van der Waals surface area contributed by atoms with E-state index in [1.54, 1.807) is 9.80 Å². The minimum Gasteiger partial charge on any atom is -0.324 e. The van der Waals surface area contributed by atoms with Crippen LogP contribution < -0.4 is 4.90 Å². The highest BCUT2D eigenvalue weighted by atomic mass is 16.2. The maximum absolute atomic E-state index is 13.1. The predicted octanol–water partition coefficient (Wildman–Crippen LogP) is 3.53. The van der Waals surface area contributed by atoms with E-state index in [0.29, 0.717) is 25.2 Å². The molecule has 1 aliphatic heterocycles. The first-order valence-electron chi connectivity index (χ1n) is 8.27. The molecule has 0 N–H and O–H groups in total. The highest BCUT2D eigenvalue weighted by Crippen LogP contribution is 2.21. The van der Waals surface area contributed by atoms with Crippen molar-refractivity contribution in [2.75, 3.05) is 18.1 Å². The SMILES string of the molecule is Cc1ccc(N(CN2CCCC2=O)C(=O)c2cccc(C)c2)cc1. The molecule has 2 aromatic rings. The van der Waals surface area contributed by atoms with Crippen molar-refractivity contribution in [2.45, 2.75) is 26.7 Å². The average Bonchev–Trinajstić information content (AvgIpc) is 2.98. The number of amides is 2. The summed E-state index contributed by atoms with van der Waals surface area (Å²) in [7, 11) is 0. The monoisotopic (exact) mass is 322 g/mol. The molecule has 2 aromatic carbocycles. The lowest BCUT2D eigenvalue weighted by Gasteiger charge is -2.28. The van der Waals surface area contributed by atoms with Gasteiger partial charge in [-0.2, -0.15) is 0 Å². The molecular formula is C20H22N2O2. The fraction of sp³-hybridized carbons (Fsp3) is 0.300. The first-order chi connectivity index (χ1) is 11.5. The van der Waals surface area contributed by atoms with Crippen LogP contribution in [0.3, 0.4) is 0 Å². The van der Waals surface area contributed by atoms with Crippen LogP contribution >= 0.6 is 0 Å². The molecule has 0 aromatic heterocycles. The lowest BCUT2D eigenvalue weighted by Crippen LogP contribution is -2.42. The molecule has 4 heteroatoms. The molecule has 1 saturated heterocycles. The van der Waals surface area contributed by atoms with Gasteiger partial charge in [-0.05, 0) is 44.5 Å². The number of rotatable bonds is 4. The minimum absolute atomic E-state index is 0.0812. The van der Waals surface area contributed by atoms with Crippen LogP contribution in [0.1, 0.15) is 34.3 Å². The van der Waals surface area contributed by atoms with Crippen molar-refractivity contribution >= 4 is 17.5 Å². The van der Waals surface area contributed by atoms with E-state index in [1.165, 1.54) is 0 Å². The van der Waals surface area contributed by atoms with E-state index in [1.807, 2.05) is 62.4 Å². The molecule has 0 spiro atoms. The van der Waals surface area contributed by atoms with E-state index in [9.17, 15) is 9.59 Å². The molecule has 4 nitrogen and oxygen atoms in total. The number of anilines is 1. The van der Waals surface area contributed by atoms with Gasteiger partial charge < -0.3 is 4.90 Å². The topological polar surface area (TPSA) is 40.6 Å². The summed E-state index contributed by atoms with van der Waals surface area (Å²) in [5, 5.41) is 0. The van der Waals surface area contributed by atoms with Crippen LogP contribution in [0, 0.1) is 13.8 Å². The van der Waals surface area contributed by atoms with Gasteiger partial charge in [-0.1, -0.05) is 35.4 Å². The average molecular weight is 322 g/mol. The van der Waals surface area contributed by atoms with Crippen molar-refractivity contribution < 1.29 is 9.59 Å². The molecule has 0 saturated carbocycles. The maximum atomic E-state index is 13.1. The normalized spacial score (nSPS) is 14.1. The number of benzene rings is 2. The van der Waals surface area contributed by atoms with Crippen molar-refractivity contribution in [2.24, 2.45) is 0 Å². The Balaban J connectivity index is 1.92. The fourth-order valence-corrected chi connectivity index (χ4v) is 2.95. The van der Waals surface area contributed by atoms with Gasteiger partial charge in [0.2, 0.25) is 5.91 Å². The number of hydrogen-bond acceptors (Lipinski definition) is 2. The summed E-state index contributed by atoms with van der Waals surface area (Å²) in [4.78, 5) is 28.5. The van der Waals surface area contributed by atoms with Crippen molar-refractivity contribution in [1.29, 1.82) is 0 Å².